The van der Waals surface area contributed by atoms with Crippen molar-refractivity contribution in [3.63, 3.8) is 0 Å². The van der Waals surface area contributed by atoms with E-state index in [-0.39, 0.29) is 12.5 Å². The average Bonchev–Trinajstić information content (AvgIpc) is 2.01. The Morgan fingerprint density at radius 3 is 2.64 bits per heavy atom. The van der Waals surface area contributed by atoms with Crippen molar-refractivity contribution in [3.8, 4) is 0 Å². The van der Waals surface area contributed by atoms with Gasteiger partial charge in [-0.15, -0.1) is 0 Å². The third-order valence-electron chi connectivity index (χ3n) is 0.962. The van der Waals surface area contributed by atoms with Gasteiger partial charge in [0.25, 0.3) is 0 Å². The van der Waals surface area contributed by atoms with Gasteiger partial charge in [0.15, 0.2) is 0 Å². The van der Waals surface area contributed by atoms with Crippen LogP contribution in [0.3, 0.4) is 0 Å². The zero-order valence-corrected chi connectivity index (χ0v) is 6.51. The Balaban J connectivity index is 3.09. The molecule has 5 nitrogen and oxygen atoms in total. The molecule has 1 amide bonds. The molecule has 0 aromatic carbocycles. The molecule has 0 bridgehead atoms. The van der Waals surface area contributed by atoms with Crippen molar-refractivity contribution in [2.75, 3.05) is 32.8 Å². The molecular formula is C6H15N3O2. The quantitative estimate of drug-likeness (QED) is 0.394. The lowest BCUT2D eigenvalue weighted by Crippen LogP contribution is -2.32. The lowest BCUT2D eigenvalue weighted by atomic mass is 10.5. The molecule has 0 rings (SSSR count). The summed E-state index contributed by atoms with van der Waals surface area (Å²) in [6, 6.07) is 0. The molecule has 0 aliphatic heterocycles. The van der Waals surface area contributed by atoms with Gasteiger partial charge in [0.05, 0.1) is 6.61 Å². The largest absolute Gasteiger partial charge is 0.370 e. The molecule has 0 aliphatic carbocycles. The summed E-state index contributed by atoms with van der Waals surface area (Å²) < 4.78 is 4.86. The Labute approximate surface area is 66.1 Å². The molecule has 11 heavy (non-hydrogen) atoms. The van der Waals surface area contributed by atoms with E-state index in [0.29, 0.717) is 26.2 Å². The van der Waals surface area contributed by atoms with Crippen LogP contribution < -0.4 is 16.8 Å². The van der Waals surface area contributed by atoms with Crippen LogP contribution in [0.2, 0.25) is 0 Å². The van der Waals surface area contributed by atoms with E-state index in [1.807, 2.05) is 0 Å². The summed E-state index contributed by atoms with van der Waals surface area (Å²) >= 11 is 0. The van der Waals surface area contributed by atoms with Crippen LogP contribution in [0, 0.1) is 0 Å². The third-order valence-corrected chi connectivity index (χ3v) is 0.962. The highest BCUT2D eigenvalue weighted by Gasteiger charge is 1.97. The van der Waals surface area contributed by atoms with Crippen molar-refractivity contribution in [1.29, 1.82) is 0 Å². The summed E-state index contributed by atoms with van der Waals surface area (Å²) in [5.41, 5.74) is 10.3. The Morgan fingerprint density at radius 1 is 1.36 bits per heavy atom. The fraction of sp³-hybridized carbons (Fsp3) is 0.833. The predicted molar refractivity (Wildman–Crippen MR) is 41.9 cm³/mol. The highest BCUT2D eigenvalue weighted by Crippen LogP contribution is 1.72. The van der Waals surface area contributed by atoms with E-state index in [0.717, 1.165) is 0 Å². The van der Waals surface area contributed by atoms with Crippen molar-refractivity contribution < 1.29 is 9.53 Å². The van der Waals surface area contributed by atoms with Gasteiger partial charge in [-0.05, 0) is 0 Å². The molecule has 0 unspecified atom stereocenters. The summed E-state index contributed by atoms with van der Waals surface area (Å²) in [7, 11) is 0. The van der Waals surface area contributed by atoms with Gasteiger partial charge < -0.3 is 21.5 Å². The fourth-order valence-corrected chi connectivity index (χ4v) is 0.511. The lowest BCUT2D eigenvalue weighted by Gasteiger charge is -2.02. The van der Waals surface area contributed by atoms with E-state index in [2.05, 4.69) is 5.32 Å². The molecule has 0 spiro atoms. The monoisotopic (exact) mass is 161 g/mol. The van der Waals surface area contributed by atoms with Crippen molar-refractivity contribution in [2.24, 2.45) is 11.5 Å². The number of amides is 1. The van der Waals surface area contributed by atoms with E-state index in [1.54, 1.807) is 0 Å². The van der Waals surface area contributed by atoms with E-state index in [4.69, 9.17) is 16.2 Å². The molecule has 0 fully saturated rings. The Hall–Kier alpha value is -0.650. The van der Waals surface area contributed by atoms with E-state index >= 15 is 0 Å². The van der Waals surface area contributed by atoms with Gasteiger partial charge in [-0.1, -0.05) is 0 Å². The third kappa shape index (κ3) is 7.24. The second kappa shape index (κ2) is 7.46. The topological polar surface area (TPSA) is 90.4 Å². The molecule has 0 saturated heterocycles. The first-order valence-corrected chi connectivity index (χ1v) is 3.56. The minimum Gasteiger partial charge on any atom is -0.370 e. The molecule has 0 radical (unpaired) electrons. The summed E-state index contributed by atoms with van der Waals surface area (Å²) in [4.78, 5) is 10.7. The zero-order chi connectivity index (χ0) is 8.53. The Bertz CT molecular complexity index is 108. The van der Waals surface area contributed by atoms with Crippen molar-refractivity contribution in [3.05, 3.63) is 0 Å². The number of rotatable bonds is 6. The molecule has 0 aromatic rings. The highest BCUT2D eigenvalue weighted by atomic mass is 16.5. The smallest absolute Gasteiger partial charge is 0.246 e. The lowest BCUT2D eigenvalue weighted by molar-refractivity contribution is -0.125. The van der Waals surface area contributed by atoms with Gasteiger partial charge in [-0.2, -0.15) is 0 Å². The van der Waals surface area contributed by atoms with Crippen LogP contribution in [0.1, 0.15) is 0 Å². The zero-order valence-electron chi connectivity index (χ0n) is 6.51. The molecule has 5 heteroatoms. The summed E-state index contributed by atoms with van der Waals surface area (Å²) in [6.07, 6.45) is 0. The number of hydrogen-bond acceptors (Lipinski definition) is 4. The van der Waals surface area contributed by atoms with Crippen LogP contribution in [0.25, 0.3) is 0 Å². The molecule has 5 N–H and O–H groups in total. The van der Waals surface area contributed by atoms with Gasteiger partial charge in [0.2, 0.25) is 5.91 Å². The number of carbonyl (C=O) groups excluding carboxylic acids is 1. The number of carbonyl (C=O) groups is 1. The van der Waals surface area contributed by atoms with Gasteiger partial charge >= 0.3 is 0 Å². The maximum Gasteiger partial charge on any atom is 0.246 e. The second-order valence-electron chi connectivity index (χ2n) is 1.98. The van der Waals surface area contributed by atoms with Crippen LogP contribution in [-0.2, 0) is 9.53 Å². The molecule has 0 heterocycles. The maximum absolute atomic E-state index is 10.7. The predicted octanol–water partition coefficient (Wildman–Crippen LogP) is -1.96. The maximum atomic E-state index is 10.7. The Morgan fingerprint density at radius 2 is 2.09 bits per heavy atom. The molecule has 0 aromatic heterocycles. The van der Waals surface area contributed by atoms with Crippen LogP contribution in [0.5, 0.6) is 0 Å². The standard InChI is InChI=1S/C6H15N3O2/c7-1-3-9-6(10)5-11-4-2-8/h1-5,7-8H2,(H,9,10). The number of nitrogens with two attached hydrogens (primary N) is 2. The number of ether oxygens (including phenoxy) is 1. The van der Waals surface area contributed by atoms with Crippen molar-refractivity contribution in [1.82, 2.24) is 5.32 Å². The van der Waals surface area contributed by atoms with Crippen molar-refractivity contribution >= 4 is 5.91 Å². The summed E-state index contributed by atoms with van der Waals surface area (Å²) in [6.45, 7) is 1.85. The first kappa shape index (κ1) is 10.3. The van der Waals surface area contributed by atoms with E-state index < -0.39 is 0 Å². The minimum atomic E-state index is -0.149. The van der Waals surface area contributed by atoms with Crippen LogP contribution in [0.4, 0.5) is 0 Å². The summed E-state index contributed by atoms with van der Waals surface area (Å²) in [5, 5.41) is 2.56. The van der Waals surface area contributed by atoms with Crippen molar-refractivity contribution in [2.45, 2.75) is 0 Å². The van der Waals surface area contributed by atoms with Crippen LogP contribution in [-0.4, -0.2) is 38.8 Å². The fourth-order valence-electron chi connectivity index (χ4n) is 0.511. The molecule has 0 atom stereocenters. The van der Waals surface area contributed by atoms with Crippen LogP contribution in [0.15, 0.2) is 0 Å². The second-order valence-corrected chi connectivity index (χ2v) is 1.98. The first-order valence-electron chi connectivity index (χ1n) is 3.56. The Kier molecular flexibility index (Phi) is 7.02. The van der Waals surface area contributed by atoms with Crippen LogP contribution >= 0.6 is 0 Å². The van der Waals surface area contributed by atoms with Gasteiger partial charge in [-0.25, -0.2) is 0 Å². The molecular weight excluding hydrogens is 146 g/mol. The average molecular weight is 161 g/mol. The first-order chi connectivity index (χ1) is 5.31. The molecule has 0 saturated carbocycles. The normalized spacial score (nSPS) is 9.64. The molecule has 0 aliphatic rings. The summed E-state index contributed by atoms with van der Waals surface area (Å²) in [5.74, 6) is -0.149. The number of hydrogen-bond donors (Lipinski definition) is 3. The van der Waals surface area contributed by atoms with Gasteiger partial charge in [-0.3, -0.25) is 4.79 Å². The molecule has 66 valence electrons. The van der Waals surface area contributed by atoms with Gasteiger partial charge in [0.1, 0.15) is 6.61 Å². The van der Waals surface area contributed by atoms with E-state index in [9.17, 15) is 4.79 Å². The van der Waals surface area contributed by atoms with E-state index in [1.165, 1.54) is 0 Å². The SMILES string of the molecule is NCCNC(=O)COCCN. The minimum absolute atomic E-state index is 0.0667. The highest BCUT2D eigenvalue weighted by molar-refractivity contribution is 5.77. The number of nitrogens with one attached hydrogen (secondary N) is 1. The van der Waals surface area contributed by atoms with Gasteiger partial charge in [0, 0.05) is 19.6 Å².